The maximum absolute atomic E-state index is 11.8. The molecule has 2 aromatic rings. The second kappa shape index (κ2) is 8.96. The summed E-state index contributed by atoms with van der Waals surface area (Å²) in [5.41, 5.74) is 0.559. The van der Waals surface area contributed by atoms with Crippen LogP contribution in [-0.2, 0) is 14.3 Å². The fourth-order valence-electron chi connectivity index (χ4n) is 1.75. The first-order valence-corrected chi connectivity index (χ1v) is 8.28. The van der Waals surface area contributed by atoms with E-state index in [1.165, 1.54) is 23.9 Å². The van der Waals surface area contributed by atoms with Crippen LogP contribution in [0.5, 0.6) is 0 Å². The van der Waals surface area contributed by atoms with Gasteiger partial charge >= 0.3 is 5.97 Å². The predicted molar refractivity (Wildman–Crippen MR) is 92.9 cm³/mol. The highest BCUT2D eigenvalue weighted by Crippen LogP contribution is 2.20. The van der Waals surface area contributed by atoms with Gasteiger partial charge in [0.1, 0.15) is 6.07 Å². The largest absolute Gasteiger partial charge is 0.455 e. The molecule has 0 unspecified atom stereocenters. The fourth-order valence-corrected chi connectivity index (χ4v) is 2.64. The van der Waals surface area contributed by atoms with Gasteiger partial charge < -0.3 is 10.1 Å². The lowest BCUT2D eigenvalue weighted by Gasteiger charge is -2.08. The smallest absolute Gasteiger partial charge is 0.316 e. The highest BCUT2D eigenvalue weighted by molar-refractivity contribution is 8.00. The molecule has 0 saturated carbocycles. The average molecular weight is 361 g/mol. The van der Waals surface area contributed by atoms with Crippen molar-refractivity contribution < 1.29 is 14.3 Å². The Morgan fingerprint density at radius 1 is 1.21 bits per heavy atom. The number of benzene rings is 2. The third-order valence-corrected chi connectivity index (χ3v) is 4.06. The van der Waals surface area contributed by atoms with Crippen LogP contribution in [0.1, 0.15) is 5.56 Å². The number of halogens is 1. The molecule has 5 nitrogen and oxygen atoms in total. The molecule has 0 bridgehead atoms. The Morgan fingerprint density at radius 2 is 1.96 bits per heavy atom. The lowest BCUT2D eigenvalue weighted by atomic mass is 10.2. The number of nitrogens with one attached hydrogen (secondary N) is 1. The molecule has 2 rings (SSSR count). The molecular formula is C17H13ClN2O3S. The molecule has 0 aliphatic heterocycles. The van der Waals surface area contributed by atoms with Gasteiger partial charge in [0.05, 0.1) is 17.0 Å². The number of ether oxygens (including phenoxy) is 1. The van der Waals surface area contributed by atoms with Gasteiger partial charge in [0.15, 0.2) is 6.61 Å². The first-order chi connectivity index (χ1) is 11.6. The Balaban J connectivity index is 1.80. The minimum absolute atomic E-state index is 0.109. The predicted octanol–water partition coefficient (Wildman–Crippen LogP) is 3.49. The minimum Gasteiger partial charge on any atom is -0.455 e. The van der Waals surface area contributed by atoms with Gasteiger partial charge in [-0.05, 0) is 30.3 Å². The van der Waals surface area contributed by atoms with Crippen LogP contribution in [0.15, 0.2) is 53.4 Å². The summed E-state index contributed by atoms with van der Waals surface area (Å²) in [7, 11) is 0. The summed E-state index contributed by atoms with van der Waals surface area (Å²) in [6.07, 6.45) is 0. The van der Waals surface area contributed by atoms with Crippen LogP contribution in [-0.4, -0.2) is 24.2 Å². The monoisotopic (exact) mass is 360 g/mol. The Bertz CT molecular complexity index is 775. The number of amides is 1. The van der Waals surface area contributed by atoms with E-state index in [0.717, 1.165) is 4.90 Å². The topological polar surface area (TPSA) is 79.2 Å². The normalized spacial score (nSPS) is 9.83. The van der Waals surface area contributed by atoms with Crippen LogP contribution in [0.25, 0.3) is 0 Å². The number of carbonyl (C=O) groups excluding carboxylic acids is 2. The van der Waals surface area contributed by atoms with E-state index in [4.69, 9.17) is 21.6 Å². The molecule has 0 heterocycles. The summed E-state index contributed by atoms with van der Waals surface area (Å²) in [6, 6.07) is 15.9. The van der Waals surface area contributed by atoms with E-state index in [0.29, 0.717) is 5.02 Å². The summed E-state index contributed by atoms with van der Waals surface area (Å²) in [5.74, 6) is -0.921. The average Bonchev–Trinajstić information content (AvgIpc) is 2.59. The lowest BCUT2D eigenvalue weighted by molar-refractivity contribution is -0.144. The number of rotatable bonds is 6. The van der Waals surface area contributed by atoms with E-state index >= 15 is 0 Å². The quantitative estimate of drug-likeness (QED) is 0.630. The van der Waals surface area contributed by atoms with Crippen molar-refractivity contribution in [3.63, 3.8) is 0 Å². The van der Waals surface area contributed by atoms with Gasteiger partial charge in [-0.25, -0.2) is 0 Å². The summed E-state index contributed by atoms with van der Waals surface area (Å²) < 4.78 is 4.91. The molecule has 0 fully saturated rings. The summed E-state index contributed by atoms with van der Waals surface area (Å²) in [5, 5.41) is 11.9. The Hall–Kier alpha value is -2.49. The van der Waals surface area contributed by atoms with Crippen LogP contribution in [0.3, 0.4) is 0 Å². The minimum atomic E-state index is -0.535. The van der Waals surface area contributed by atoms with Crippen LogP contribution in [0.4, 0.5) is 5.69 Å². The van der Waals surface area contributed by atoms with Crippen molar-refractivity contribution in [1.29, 1.82) is 5.26 Å². The van der Waals surface area contributed by atoms with Crippen molar-refractivity contribution in [2.45, 2.75) is 4.90 Å². The summed E-state index contributed by atoms with van der Waals surface area (Å²) in [6.45, 7) is -0.425. The summed E-state index contributed by atoms with van der Waals surface area (Å²) in [4.78, 5) is 24.4. The molecule has 0 saturated heterocycles. The number of hydrogen-bond acceptors (Lipinski definition) is 5. The number of anilines is 1. The van der Waals surface area contributed by atoms with Gasteiger partial charge in [-0.2, -0.15) is 5.26 Å². The molecule has 0 aliphatic carbocycles. The number of nitrogens with zero attached hydrogens (tertiary/aromatic N) is 1. The van der Waals surface area contributed by atoms with Crippen molar-refractivity contribution in [2.24, 2.45) is 0 Å². The SMILES string of the molecule is N#Cc1ccc(Cl)cc1NC(=O)COC(=O)CSc1ccccc1. The van der Waals surface area contributed by atoms with E-state index in [1.807, 2.05) is 36.4 Å². The van der Waals surface area contributed by atoms with Gasteiger partial charge in [0, 0.05) is 9.92 Å². The van der Waals surface area contributed by atoms with Gasteiger partial charge in [-0.15, -0.1) is 11.8 Å². The Morgan fingerprint density at radius 3 is 2.67 bits per heavy atom. The molecule has 2 aromatic carbocycles. The molecule has 24 heavy (non-hydrogen) atoms. The molecule has 1 amide bonds. The zero-order valence-electron chi connectivity index (χ0n) is 12.5. The van der Waals surface area contributed by atoms with E-state index in [2.05, 4.69) is 5.32 Å². The third kappa shape index (κ3) is 5.61. The van der Waals surface area contributed by atoms with Crippen LogP contribution in [0, 0.1) is 11.3 Å². The number of esters is 1. The van der Waals surface area contributed by atoms with E-state index in [9.17, 15) is 9.59 Å². The zero-order valence-corrected chi connectivity index (χ0v) is 14.1. The van der Waals surface area contributed by atoms with Crippen molar-refractivity contribution in [3.8, 4) is 6.07 Å². The maximum atomic E-state index is 11.8. The van der Waals surface area contributed by atoms with Gasteiger partial charge in [-0.3, -0.25) is 9.59 Å². The van der Waals surface area contributed by atoms with Gasteiger partial charge in [0.2, 0.25) is 0 Å². The second-order valence-corrected chi connectivity index (χ2v) is 6.10. The molecule has 122 valence electrons. The molecule has 7 heteroatoms. The van der Waals surface area contributed by atoms with Crippen LogP contribution in [0.2, 0.25) is 5.02 Å². The summed E-state index contributed by atoms with van der Waals surface area (Å²) >= 11 is 7.16. The Kier molecular flexibility index (Phi) is 6.67. The number of nitriles is 1. The first-order valence-electron chi connectivity index (χ1n) is 6.91. The van der Waals surface area contributed by atoms with E-state index in [-0.39, 0.29) is 17.0 Å². The molecule has 0 aromatic heterocycles. The third-order valence-electron chi connectivity index (χ3n) is 2.84. The van der Waals surface area contributed by atoms with Crippen molar-refractivity contribution in [3.05, 3.63) is 59.1 Å². The van der Waals surface area contributed by atoms with Gasteiger partial charge in [0.25, 0.3) is 5.91 Å². The first kappa shape index (κ1) is 17.9. The van der Waals surface area contributed by atoms with E-state index in [1.54, 1.807) is 6.07 Å². The van der Waals surface area contributed by atoms with Crippen molar-refractivity contribution >= 4 is 40.9 Å². The molecule has 0 atom stereocenters. The standard InChI is InChI=1S/C17H13ClN2O3S/c18-13-7-6-12(9-19)15(8-13)20-16(21)10-23-17(22)11-24-14-4-2-1-3-5-14/h1-8H,10-11H2,(H,20,21). The number of thioether (sulfide) groups is 1. The highest BCUT2D eigenvalue weighted by atomic mass is 35.5. The van der Waals surface area contributed by atoms with Crippen molar-refractivity contribution in [1.82, 2.24) is 0 Å². The van der Waals surface area contributed by atoms with Crippen LogP contribution < -0.4 is 5.32 Å². The molecule has 0 aliphatic rings. The second-order valence-electron chi connectivity index (χ2n) is 4.61. The number of carbonyl (C=O) groups is 2. The zero-order chi connectivity index (χ0) is 17.4. The molecule has 0 radical (unpaired) electrons. The maximum Gasteiger partial charge on any atom is 0.316 e. The fraction of sp³-hybridized carbons (Fsp3) is 0.118. The van der Waals surface area contributed by atoms with E-state index < -0.39 is 18.5 Å². The number of hydrogen-bond donors (Lipinski definition) is 1. The molecular weight excluding hydrogens is 348 g/mol. The molecule has 1 N–H and O–H groups in total. The molecule has 0 spiro atoms. The lowest BCUT2D eigenvalue weighted by Crippen LogP contribution is -2.22. The Labute approximate surface area is 148 Å². The van der Waals surface area contributed by atoms with Crippen LogP contribution >= 0.6 is 23.4 Å². The van der Waals surface area contributed by atoms with Gasteiger partial charge in [-0.1, -0.05) is 29.8 Å². The highest BCUT2D eigenvalue weighted by Gasteiger charge is 2.11. The van der Waals surface area contributed by atoms with Crippen molar-refractivity contribution in [2.75, 3.05) is 17.7 Å².